The van der Waals surface area contributed by atoms with E-state index in [2.05, 4.69) is 23.6 Å². The van der Waals surface area contributed by atoms with E-state index in [0.29, 0.717) is 25.3 Å². The quantitative estimate of drug-likeness (QED) is 0.445. The lowest BCUT2D eigenvalue weighted by molar-refractivity contribution is -0.0390. The Kier molecular flexibility index (Phi) is 7.06. The van der Waals surface area contributed by atoms with Gasteiger partial charge >= 0.3 is 0 Å². The van der Waals surface area contributed by atoms with E-state index in [1.807, 2.05) is 17.8 Å². The van der Waals surface area contributed by atoms with E-state index in [1.165, 1.54) is 12.1 Å². The van der Waals surface area contributed by atoms with E-state index in [9.17, 15) is 18.0 Å². The van der Waals surface area contributed by atoms with Gasteiger partial charge in [-0.1, -0.05) is 6.07 Å². The number of ether oxygens (including phenoxy) is 1. The SMILES string of the molecule is CC(c1ccc(F)cc1C(C)(F)F)N1C[C@H](C)N(c2cc(=O)n(C)c3cn(C4CCCCO4)nc23)C[C@H]1C. The van der Waals surface area contributed by atoms with Crippen LogP contribution in [0.3, 0.4) is 0 Å². The zero-order chi connectivity index (χ0) is 27.4. The molecule has 0 radical (unpaired) electrons. The fraction of sp³-hybridized carbons (Fsp3) is 0.571. The minimum Gasteiger partial charge on any atom is -0.364 e. The maximum Gasteiger partial charge on any atom is 0.270 e. The number of nitrogens with zero attached hydrogens (tertiary/aromatic N) is 5. The number of pyridine rings is 1. The zero-order valence-electron chi connectivity index (χ0n) is 22.6. The standard InChI is InChI=1S/C28H36F3N5O2/c1-17-15-35(18(2)14-34(17)19(3)21-10-9-20(29)12-22(21)28(4,30)31)23-13-25(37)33(5)24-16-36(32-27(23)24)26-8-6-7-11-38-26/h9-10,12-13,16-19,26H,6-8,11,14-15H2,1-5H3/t17-,18+,19?,26?/m1/s1. The summed E-state index contributed by atoms with van der Waals surface area (Å²) in [6.45, 7) is 8.67. The van der Waals surface area contributed by atoms with Crippen LogP contribution in [0.1, 0.15) is 70.4 Å². The maximum atomic E-state index is 14.4. The summed E-state index contributed by atoms with van der Waals surface area (Å²) in [5.41, 5.74) is 2.29. The first-order chi connectivity index (χ1) is 18.0. The summed E-state index contributed by atoms with van der Waals surface area (Å²) in [6, 6.07) is 4.91. The van der Waals surface area contributed by atoms with Crippen LogP contribution in [0.4, 0.5) is 18.9 Å². The summed E-state index contributed by atoms with van der Waals surface area (Å²) in [6.07, 6.45) is 4.73. The Morgan fingerprint density at radius 1 is 1.13 bits per heavy atom. The first-order valence-electron chi connectivity index (χ1n) is 13.4. The fourth-order valence-electron chi connectivity index (χ4n) is 5.99. The third-order valence-electron chi connectivity index (χ3n) is 8.14. The van der Waals surface area contributed by atoms with Crippen LogP contribution >= 0.6 is 0 Å². The second-order valence-electron chi connectivity index (χ2n) is 10.9. The third kappa shape index (κ3) is 4.84. The van der Waals surface area contributed by atoms with Crippen molar-refractivity contribution in [3.05, 3.63) is 57.8 Å². The second kappa shape index (κ2) is 10.0. The molecule has 2 saturated heterocycles. The van der Waals surface area contributed by atoms with Crippen molar-refractivity contribution >= 4 is 16.7 Å². The van der Waals surface area contributed by atoms with Crippen molar-refractivity contribution in [1.82, 2.24) is 19.2 Å². The summed E-state index contributed by atoms with van der Waals surface area (Å²) >= 11 is 0. The Morgan fingerprint density at radius 3 is 2.58 bits per heavy atom. The van der Waals surface area contributed by atoms with E-state index in [1.54, 1.807) is 17.7 Å². The molecule has 0 saturated carbocycles. The Hall–Kier alpha value is -2.85. The lowest BCUT2D eigenvalue weighted by Crippen LogP contribution is -2.57. The highest BCUT2D eigenvalue weighted by Crippen LogP contribution is 2.38. The number of anilines is 1. The molecule has 3 aromatic rings. The fourth-order valence-corrected chi connectivity index (χ4v) is 5.99. The van der Waals surface area contributed by atoms with Crippen molar-refractivity contribution in [2.24, 2.45) is 7.05 Å². The van der Waals surface area contributed by atoms with Crippen molar-refractivity contribution in [1.29, 1.82) is 0 Å². The lowest BCUT2D eigenvalue weighted by Gasteiger charge is -2.48. The Labute approximate surface area is 220 Å². The minimum atomic E-state index is -3.15. The number of hydrogen-bond donors (Lipinski definition) is 0. The molecule has 10 heteroatoms. The molecule has 7 nitrogen and oxygen atoms in total. The normalized spacial score (nSPS) is 24.2. The number of piperazine rings is 1. The Bertz CT molecular complexity index is 1380. The number of fused-ring (bicyclic) bond motifs is 1. The molecular formula is C28H36F3N5O2. The topological polar surface area (TPSA) is 55.5 Å². The van der Waals surface area contributed by atoms with Gasteiger partial charge in [-0.05, 0) is 57.7 Å². The lowest BCUT2D eigenvalue weighted by atomic mass is 9.94. The van der Waals surface area contributed by atoms with E-state index in [-0.39, 0.29) is 35.5 Å². The number of alkyl halides is 2. The summed E-state index contributed by atoms with van der Waals surface area (Å²) in [7, 11) is 1.75. The average Bonchev–Trinajstić information content (AvgIpc) is 3.33. The largest absolute Gasteiger partial charge is 0.364 e. The predicted octanol–water partition coefficient (Wildman–Crippen LogP) is 5.35. The van der Waals surface area contributed by atoms with Gasteiger partial charge in [0, 0.05) is 63.4 Å². The van der Waals surface area contributed by atoms with Gasteiger partial charge in [0.25, 0.3) is 11.5 Å². The first kappa shape index (κ1) is 26.7. The van der Waals surface area contributed by atoms with Crippen molar-refractivity contribution < 1.29 is 17.9 Å². The van der Waals surface area contributed by atoms with Crippen LogP contribution in [0.5, 0.6) is 0 Å². The molecule has 0 N–H and O–H groups in total. The predicted molar refractivity (Wildman–Crippen MR) is 141 cm³/mol. The van der Waals surface area contributed by atoms with Crippen molar-refractivity contribution in [2.75, 3.05) is 24.6 Å². The molecule has 2 aliphatic rings. The van der Waals surface area contributed by atoms with Crippen LogP contribution in [0, 0.1) is 5.82 Å². The average molecular weight is 532 g/mol. The van der Waals surface area contributed by atoms with E-state index < -0.39 is 11.7 Å². The molecule has 2 unspecified atom stereocenters. The molecule has 2 aromatic heterocycles. The second-order valence-corrected chi connectivity index (χ2v) is 10.9. The molecule has 0 amide bonds. The van der Waals surface area contributed by atoms with Crippen LogP contribution in [0.2, 0.25) is 0 Å². The monoisotopic (exact) mass is 531 g/mol. The number of aryl methyl sites for hydroxylation is 1. The molecule has 4 heterocycles. The molecule has 0 bridgehead atoms. The minimum absolute atomic E-state index is 0.0209. The molecule has 38 heavy (non-hydrogen) atoms. The molecule has 5 rings (SSSR count). The Balaban J connectivity index is 1.46. The van der Waals surface area contributed by atoms with Crippen molar-refractivity contribution in [2.45, 2.75) is 77.2 Å². The van der Waals surface area contributed by atoms with Crippen LogP contribution in [-0.4, -0.2) is 51.0 Å². The Morgan fingerprint density at radius 2 is 1.89 bits per heavy atom. The van der Waals surface area contributed by atoms with Crippen molar-refractivity contribution in [3.8, 4) is 0 Å². The van der Waals surface area contributed by atoms with Gasteiger partial charge in [0.1, 0.15) is 17.6 Å². The van der Waals surface area contributed by atoms with Crippen LogP contribution in [-0.2, 0) is 17.7 Å². The molecule has 4 atom stereocenters. The first-order valence-corrected chi connectivity index (χ1v) is 13.4. The molecule has 2 fully saturated rings. The highest BCUT2D eigenvalue weighted by molar-refractivity contribution is 5.88. The van der Waals surface area contributed by atoms with Gasteiger partial charge in [-0.25, -0.2) is 17.9 Å². The number of hydrogen-bond acceptors (Lipinski definition) is 5. The van der Waals surface area contributed by atoms with E-state index in [0.717, 1.165) is 49.0 Å². The van der Waals surface area contributed by atoms with Gasteiger partial charge in [-0.15, -0.1) is 0 Å². The number of benzene rings is 1. The molecule has 206 valence electrons. The highest BCUT2D eigenvalue weighted by atomic mass is 19.3. The third-order valence-corrected chi connectivity index (χ3v) is 8.14. The number of rotatable bonds is 5. The molecule has 1 aromatic carbocycles. The molecule has 0 aliphatic carbocycles. The van der Waals surface area contributed by atoms with Crippen LogP contribution in [0.15, 0.2) is 35.3 Å². The number of aromatic nitrogens is 3. The van der Waals surface area contributed by atoms with Gasteiger partial charge in [-0.3, -0.25) is 9.69 Å². The van der Waals surface area contributed by atoms with Gasteiger partial charge < -0.3 is 14.2 Å². The molecule has 2 aliphatic heterocycles. The summed E-state index contributed by atoms with van der Waals surface area (Å²) in [5.74, 6) is -3.82. The molecular weight excluding hydrogens is 495 g/mol. The van der Waals surface area contributed by atoms with Gasteiger partial charge in [-0.2, -0.15) is 5.10 Å². The number of halogens is 3. The maximum absolute atomic E-state index is 14.4. The van der Waals surface area contributed by atoms with Gasteiger partial charge in [0.05, 0.1) is 17.4 Å². The van der Waals surface area contributed by atoms with Crippen LogP contribution < -0.4 is 10.5 Å². The van der Waals surface area contributed by atoms with Crippen LogP contribution in [0.25, 0.3) is 11.0 Å². The summed E-state index contributed by atoms with van der Waals surface area (Å²) < 4.78 is 52.0. The van der Waals surface area contributed by atoms with E-state index in [4.69, 9.17) is 9.84 Å². The van der Waals surface area contributed by atoms with Gasteiger partial charge in [0.15, 0.2) is 0 Å². The summed E-state index contributed by atoms with van der Waals surface area (Å²) in [4.78, 5) is 17.3. The summed E-state index contributed by atoms with van der Waals surface area (Å²) in [5, 5.41) is 4.88. The highest BCUT2D eigenvalue weighted by Gasteiger charge is 2.37. The zero-order valence-corrected chi connectivity index (χ0v) is 22.6. The van der Waals surface area contributed by atoms with E-state index >= 15 is 0 Å². The van der Waals surface area contributed by atoms with Gasteiger partial charge in [0.2, 0.25) is 0 Å². The smallest absolute Gasteiger partial charge is 0.270 e. The van der Waals surface area contributed by atoms with Crippen molar-refractivity contribution in [3.63, 3.8) is 0 Å². The molecule has 0 spiro atoms.